The lowest BCUT2D eigenvalue weighted by molar-refractivity contribution is 0.180. The maximum absolute atomic E-state index is 14.0. The molecule has 0 saturated carbocycles. The summed E-state index contributed by atoms with van der Waals surface area (Å²) in [5, 5.41) is 10.1. The van der Waals surface area contributed by atoms with Crippen LogP contribution in [0.5, 0.6) is 0 Å². The summed E-state index contributed by atoms with van der Waals surface area (Å²) < 4.78 is 54.2. The Labute approximate surface area is 150 Å². The number of anilines is 1. The number of fused-ring (bicyclic) bond motifs is 1. The number of benzene rings is 2. The van der Waals surface area contributed by atoms with E-state index in [9.17, 15) is 22.3 Å². The highest BCUT2D eigenvalue weighted by Crippen LogP contribution is 2.38. The van der Waals surface area contributed by atoms with Crippen LogP contribution < -0.4 is 4.72 Å². The van der Waals surface area contributed by atoms with Gasteiger partial charge in [0.15, 0.2) is 5.82 Å². The van der Waals surface area contributed by atoms with Crippen molar-refractivity contribution in [2.24, 2.45) is 0 Å². The number of aliphatic hydroxyl groups is 1. The van der Waals surface area contributed by atoms with Crippen LogP contribution in [0.15, 0.2) is 33.6 Å². The summed E-state index contributed by atoms with van der Waals surface area (Å²) in [5.74, 6) is -1.90. The average Bonchev–Trinajstić information content (AvgIpc) is 2.88. The largest absolute Gasteiger partial charge is 0.388 e. The molecule has 0 fully saturated rings. The lowest BCUT2D eigenvalue weighted by Gasteiger charge is -2.14. The second-order valence-electron chi connectivity index (χ2n) is 5.35. The summed E-state index contributed by atoms with van der Waals surface area (Å²) in [6, 6.07) is 4.70. The fraction of sp³-hybridized carbons (Fsp3) is 0.200. The van der Waals surface area contributed by atoms with Crippen molar-refractivity contribution in [3.63, 3.8) is 0 Å². The molecule has 0 radical (unpaired) electrons. The number of halogens is 4. The molecule has 1 atom stereocenters. The number of hydrogen-bond acceptors (Lipinski definition) is 3. The van der Waals surface area contributed by atoms with E-state index < -0.39 is 37.9 Å². The van der Waals surface area contributed by atoms with Crippen LogP contribution in [-0.4, -0.2) is 13.5 Å². The summed E-state index contributed by atoms with van der Waals surface area (Å²) in [7, 11) is -4.17. The van der Waals surface area contributed by atoms with Gasteiger partial charge in [0.2, 0.25) is 0 Å². The van der Waals surface area contributed by atoms with Gasteiger partial charge >= 0.3 is 0 Å². The van der Waals surface area contributed by atoms with Gasteiger partial charge in [-0.25, -0.2) is 17.2 Å². The maximum atomic E-state index is 14.0. The number of sulfonamides is 1. The molecule has 9 heteroatoms. The topological polar surface area (TPSA) is 66.4 Å². The Morgan fingerprint density at radius 3 is 2.71 bits per heavy atom. The van der Waals surface area contributed by atoms with Crippen molar-refractivity contribution in [1.29, 1.82) is 0 Å². The molecule has 0 saturated heterocycles. The molecule has 3 rings (SSSR count). The van der Waals surface area contributed by atoms with Gasteiger partial charge in [-0.15, -0.1) is 0 Å². The van der Waals surface area contributed by atoms with E-state index in [1.54, 1.807) is 0 Å². The van der Waals surface area contributed by atoms with Gasteiger partial charge in [-0.05, 0) is 64.2 Å². The molecular weight excluding hydrogens is 428 g/mol. The second kappa shape index (κ2) is 6.25. The van der Waals surface area contributed by atoms with Crippen LogP contribution in [0.3, 0.4) is 0 Å². The number of nitrogens with one attached hydrogen (secondary N) is 1. The van der Waals surface area contributed by atoms with Crippen molar-refractivity contribution in [3.05, 3.63) is 56.5 Å². The second-order valence-corrected chi connectivity index (χ2v) is 8.23. The van der Waals surface area contributed by atoms with Gasteiger partial charge in [0.25, 0.3) is 10.0 Å². The number of aliphatic hydroxyl groups excluding tert-OH is 1. The zero-order valence-electron chi connectivity index (χ0n) is 12.0. The monoisotopic (exact) mass is 437 g/mol. The molecule has 2 aromatic carbocycles. The van der Waals surface area contributed by atoms with Crippen molar-refractivity contribution >= 4 is 43.2 Å². The minimum atomic E-state index is -4.17. The number of rotatable bonds is 3. The Morgan fingerprint density at radius 1 is 1.29 bits per heavy atom. The van der Waals surface area contributed by atoms with E-state index in [1.165, 1.54) is 12.1 Å². The Balaban J connectivity index is 2.07. The third kappa shape index (κ3) is 3.03. The lowest BCUT2D eigenvalue weighted by atomic mass is 10.1. The van der Waals surface area contributed by atoms with Gasteiger partial charge in [-0.3, -0.25) is 4.72 Å². The molecule has 0 bridgehead atoms. The highest BCUT2D eigenvalue weighted by molar-refractivity contribution is 9.10. The summed E-state index contributed by atoms with van der Waals surface area (Å²) in [6.07, 6.45) is -0.0434. The molecule has 24 heavy (non-hydrogen) atoms. The minimum absolute atomic E-state index is 0.124. The smallest absolute Gasteiger partial charge is 0.262 e. The fourth-order valence-corrected chi connectivity index (χ4v) is 4.70. The molecule has 4 nitrogen and oxygen atoms in total. The van der Waals surface area contributed by atoms with Crippen LogP contribution in [0.1, 0.15) is 23.7 Å². The molecule has 0 spiro atoms. The molecule has 0 amide bonds. The molecule has 128 valence electrons. The highest BCUT2D eigenvalue weighted by atomic mass is 79.9. The van der Waals surface area contributed by atoms with Gasteiger partial charge < -0.3 is 5.11 Å². The van der Waals surface area contributed by atoms with E-state index in [-0.39, 0.29) is 9.92 Å². The third-order valence-corrected chi connectivity index (χ3v) is 6.18. The van der Waals surface area contributed by atoms with Crippen molar-refractivity contribution in [1.82, 2.24) is 0 Å². The number of hydrogen-bond donors (Lipinski definition) is 2. The third-order valence-electron chi connectivity index (χ3n) is 3.80. The zero-order chi connectivity index (χ0) is 17.6. The summed E-state index contributed by atoms with van der Waals surface area (Å²) in [6.45, 7) is 0. The molecular formula is C15H11BrClF2NO3S. The molecule has 0 aromatic heterocycles. The van der Waals surface area contributed by atoms with Gasteiger partial charge in [0.05, 0.1) is 21.2 Å². The van der Waals surface area contributed by atoms with Gasteiger partial charge in [0.1, 0.15) is 5.82 Å². The molecule has 1 aliphatic rings. The van der Waals surface area contributed by atoms with Crippen LogP contribution in [0.25, 0.3) is 0 Å². The van der Waals surface area contributed by atoms with Crippen LogP contribution in [-0.2, 0) is 16.4 Å². The normalized spacial score (nSPS) is 17.0. The van der Waals surface area contributed by atoms with Gasteiger partial charge in [0, 0.05) is 5.02 Å². The fourth-order valence-electron chi connectivity index (χ4n) is 2.68. The first-order valence-electron chi connectivity index (χ1n) is 6.87. The molecule has 0 unspecified atom stereocenters. The highest BCUT2D eigenvalue weighted by Gasteiger charge is 2.30. The first-order chi connectivity index (χ1) is 11.2. The molecule has 1 aliphatic carbocycles. The van der Waals surface area contributed by atoms with Crippen LogP contribution >= 0.6 is 27.5 Å². The van der Waals surface area contributed by atoms with E-state index >= 15 is 0 Å². The van der Waals surface area contributed by atoms with E-state index in [1.807, 2.05) is 0 Å². The molecule has 0 aliphatic heterocycles. The Hall–Kier alpha value is -1.22. The summed E-state index contributed by atoms with van der Waals surface area (Å²) in [4.78, 5) is -0.124. The minimum Gasteiger partial charge on any atom is -0.388 e. The van der Waals surface area contributed by atoms with Crippen molar-refractivity contribution in [2.75, 3.05) is 4.72 Å². The first-order valence-corrected chi connectivity index (χ1v) is 9.53. The summed E-state index contributed by atoms with van der Waals surface area (Å²) >= 11 is 8.67. The van der Waals surface area contributed by atoms with E-state index in [4.69, 9.17) is 11.6 Å². The molecule has 2 aromatic rings. The van der Waals surface area contributed by atoms with Crippen molar-refractivity contribution in [3.8, 4) is 0 Å². The van der Waals surface area contributed by atoms with Crippen LogP contribution in [0.4, 0.5) is 14.5 Å². The van der Waals surface area contributed by atoms with Gasteiger partial charge in [-0.1, -0.05) is 11.6 Å². The first kappa shape index (κ1) is 17.6. The predicted molar refractivity (Wildman–Crippen MR) is 89.6 cm³/mol. The predicted octanol–water partition coefficient (Wildman–Crippen LogP) is 4.16. The Bertz CT molecular complexity index is 937. The van der Waals surface area contributed by atoms with E-state index in [0.29, 0.717) is 24.0 Å². The van der Waals surface area contributed by atoms with Crippen molar-refractivity contribution < 1.29 is 22.3 Å². The quantitative estimate of drug-likeness (QED) is 0.707. The van der Waals surface area contributed by atoms with Gasteiger partial charge in [-0.2, -0.15) is 0 Å². The SMILES string of the molecule is O=S(=O)(Nc1ccc(F)c(Br)c1F)c1cc(Cl)cc2c1CC[C@H]2O. The van der Waals surface area contributed by atoms with Crippen molar-refractivity contribution in [2.45, 2.75) is 23.8 Å². The standard InChI is InChI=1S/C15H11BrClF2NO3S/c16-14-10(18)2-3-11(15(14)19)20-24(22,23)13-6-7(17)5-9-8(13)1-4-12(9)21/h2-3,5-6,12,20-21H,1,4H2/t12-/m1/s1. The maximum Gasteiger partial charge on any atom is 0.262 e. The van der Waals surface area contributed by atoms with Crippen LogP contribution in [0.2, 0.25) is 5.02 Å². The van der Waals surface area contributed by atoms with Crippen LogP contribution in [0, 0.1) is 11.6 Å². The summed E-state index contributed by atoms with van der Waals surface area (Å²) in [5.41, 5.74) is 0.500. The average molecular weight is 439 g/mol. The molecule has 0 heterocycles. The Morgan fingerprint density at radius 2 is 2.00 bits per heavy atom. The lowest BCUT2D eigenvalue weighted by Crippen LogP contribution is -2.16. The zero-order valence-corrected chi connectivity index (χ0v) is 15.1. The molecule has 2 N–H and O–H groups in total. The van der Waals surface area contributed by atoms with E-state index in [2.05, 4.69) is 20.7 Å². The van der Waals surface area contributed by atoms with E-state index in [0.717, 1.165) is 12.1 Å². The Kier molecular flexibility index (Phi) is 4.59.